The van der Waals surface area contributed by atoms with Crippen LogP contribution in [0.3, 0.4) is 0 Å². The minimum Gasteiger partial charge on any atom is -0.387 e. The van der Waals surface area contributed by atoms with E-state index in [2.05, 4.69) is 31.3 Å². The third-order valence-corrected chi connectivity index (χ3v) is 11.7. The molecule has 0 aromatic carbocycles. The van der Waals surface area contributed by atoms with Gasteiger partial charge in [-0.2, -0.15) is 0 Å². The number of hydrogen-bond donors (Lipinski definition) is 3. The molecule has 56 heavy (non-hydrogen) atoms. The van der Waals surface area contributed by atoms with Gasteiger partial charge in [-0.15, -0.1) is 0 Å². The molecule has 3 N–H and O–H groups in total. The Hall–Kier alpha value is -1.02. The van der Waals surface area contributed by atoms with E-state index in [1.54, 1.807) is 6.08 Å². The first-order valence-corrected chi connectivity index (χ1v) is 25.2. The van der Waals surface area contributed by atoms with Crippen LogP contribution >= 0.6 is 7.82 Å². The molecule has 8 nitrogen and oxygen atoms in total. The van der Waals surface area contributed by atoms with Gasteiger partial charge < -0.3 is 19.8 Å². The summed E-state index contributed by atoms with van der Waals surface area (Å²) in [5.41, 5.74) is 0. The Kier molecular flexibility index (Phi) is 38.7. The van der Waals surface area contributed by atoms with Gasteiger partial charge in [0.2, 0.25) is 5.91 Å². The molecule has 0 saturated heterocycles. The number of quaternary nitrogens is 1. The van der Waals surface area contributed by atoms with Gasteiger partial charge in [0.15, 0.2) is 0 Å². The lowest BCUT2D eigenvalue weighted by molar-refractivity contribution is -0.870. The lowest BCUT2D eigenvalue weighted by atomic mass is 10.0. The second kappa shape index (κ2) is 39.4. The molecule has 0 heterocycles. The minimum atomic E-state index is -4.34. The zero-order valence-electron chi connectivity index (χ0n) is 37.6. The molecule has 9 heteroatoms. The summed E-state index contributed by atoms with van der Waals surface area (Å²) in [6.07, 6.45) is 46.9. The second-order valence-corrected chi connectivity index (χ2v) is 18.9. The molecule has 3 atom stereocenters. The van der Waals surface area contributed by atoms with E-state index >= 15 is 0 Å². The van der Waals surface area contributed by atoms with Gasteiger partial charge in [0.25, 0.3) is 0 Å². The van der Waals surface area contributed by atoms with Gasteiger partial charge in [0.05, 0.1) is 39.9 Å². The summed E-state index contributed by atoms with van der Waals surface area (Å²) in [6.45, 7) is 4.78. The normalized spacial score (nSPS) is 14.5. The molecule has 332 valence electrons. The number of unbranched alkanes of at least 4 members (excludes halogenated alkanes) is 28. The van der Waals surface area contributed by atoms with E-state index in [4.69, 9.17) is 9.05 Å². The summed E-state index contributed by atoms with van der Waals surface area (Å²) in [6, 6.07) is -0.857. The van der Waals surface area contributed by atoms with Gasteiger partial charge in [0.1, 0.15) is 13.2 Å². The number of rotatable bonds is 43. The summed E-state index contributed by atoms with van der Waals surface area (Å²) in [5.74, 6) is -0.185. The van der Waals surface area contributed by atoms with Crippen molar-refractivity contribution in [3.05, 3.63) is 24.3 Å². The average Bonchev–Trinajstić information content (AvgIpc) is 3.15. The molecule has 0 saturated carbocycles. The second-order valence-electron chi connectivity index (χ2n) is 17.5. The number of amides is 1. The van der Waals surface area contributed by atoms with Crippen molar-refractivity contribution in [2.24, 2.45) is 0 Å². The van der Waals surface area contributed by atoms with Crippen molar-refractivity contribution in [1.29, 1.82) is 0 Å². The maximum Gasteiger partial charge on any atom is 0.472 e. The standard InChI is InChI=1S/C47H93N2O6P/c1-6-8-10-12-14-16-18-19-20-21-22-23-24-25-26-27-28-29-31-33-35-37-39-41-47(51)48-45(44-55-56(52,53)54-43-42-49(3,4)5)46(50)40-38-36-34-32-30-17-15-13-11-9-7-2/h30,32,38,40,45-46,50H,6-29,31,33-37,39,41-44H2,1-5H3,(H-,48,51,52,53)/p+1/b32-30+,40-38+/t45-,46+/m0/s1. The van der Waals surface area contributed by atoms with Crippen LogP contribution in [0.1, 0.15) is 219 Å². The zero-order chi connectivity index (χ0) is 41.4. The number of allylic oxidation sites excluding steroid dienone is 3. The molecule has 1 unspecified atom stereocenters. The number of aliphatic hydroxyl groups excluding tert-OH is 1. The van der Waals surface area contributed by atoms with Crippen LogP contribution in [0.5, 0.6) is 0 Å². The lowest BCUT2D eigenvalue weighted by Crippen LogP contribution is -2.45. The van der Waals surface area contributed by atoms with Gasteiger partial charge in [-0.3, -0.25) is 13.8 Å². The molecule has 0 spiro atoms. The van der Waals surface area contributed by atoms with Crippen molar-refractivity contribution in [2.45, 2.75) is 231 Å². The van der Waals surface area contributed by atoms with E-state index in [0.717, 1.165) is 38.5 Å². The van der Waals surface area contributed by atoms with Gasteiger partial charge in [-0.1, -0.05) is 205 Å². The molecule has 0 bridgehead atoms. The number of aliphatic hydroxyl groups is 1. The van der Waals surface area contributed by atoms with Crippen LogP contribution in [0.2, 0.25) is 0 Å². The highest BCUT2D eigenvalue weighted by Gasteiger charge is 2.27. The highest BCUT2D eigenvalue weighted by molar-refractivity contribution is 7.47. The van der Waals surface area contributed by atoms with Crippen molar-refractivity contribution >= 4 is 13.7 Å². The van der Waals surface area contributed by atoms with Crippen LogP contribution in [-0.2, 0) is 18.4 Å². The summed E-state index contributed by atoms with van der Waals surface area (Å²) < 4.78 is 23.5. The molecular formula is C47H94N2O6P+. The summed E-state index contributed by atoms with van der Waals surface area (Å²) >= 11 is 0. The minimum absolute atomic E-state index is 0.0581. The van der Waals surface area contributed by atoms with Crippen molar-refractivity contribution in [1.82, 2.24) is 5.32 Å². The zero-order valence-corrected chi connectivity index (χ0v) is 38.5. The van der Waals surface area contributed by atoms with Gasteiger partial charge in [0, 0.05) is 6.42 Å². The molecule has 0 radical (unpaired) electrons. The monoisotopic (exact) mass is 814 g/mol. The number of carbonyl (C=O) groups is 1. The first-order valence-electron chi connectivity index (χ1n) is 23.7. The summed E-state index contributed by atoms with van der Waals surface area (Å²) in [5, 5.41) is 13.8. The Morgan fingerprint density at radius 1 is 0.589 bits per heavy atom. The molecular weight excluding hydrogens is 719 g/mol. The van der Waals surface area contributed by atoms with E-state index in [1.165, 1.54) is 161 Å². The predicted octanol–water partition coefficient (Wildman–Crippen LogP) is 13.3. The maximum atomic E-state index is 12.9. The molecule has 0 aliphatic rings. The Bertz CT molecular complexity index is 969. The SMILES string of the molecule is CCCCCCC/C=C/CC/C=C/[C@@H](O)[C@H](COP(=O)(O)OCC[N+](C)(C)C)NC(=O)CCCCCCCCCCCCCCCCCCCCCCCCC. The fourth-order valence-electron chi connectivity index (χ4n) is 6.88. The number of carbonyl (C=O) groups excluding carboxylic acids is 1. The number of phosphoric acid groups is 1. The van der Waals surface area contributed by atoms with Crippen LogP contribution < -0.4 is 5.32 Å². The smallest absolute Gasteiger partial charge is 0.387 e. The van der Waals surface area contributed by atoms with Crippen molar-refractivity contribution in [2.75, 3.05) is 40.9 Å². The molecule has 0 aliphatic carbocycles. The molecule has 0 aromatic heterocycles. The highest BCUT2D eigenvalue weighted by Crippen LogP contribution is 2.43. The fourth-order valence-corrected chi connectivity index (χ4v) is 7.62. The van der Waals surface area contributed by atoms with Crippen LogP contribution in [0, 0.1) is 0 Å². The Morgan fingerprint density at radius 2 is 0.982 bits per heavy atom. The van der Waals surface area contributed by atoms with E-state index < -0.39 is 20.0 Å². The van der Waals surface area contributed by atoms with E-state index in [0.29, 0.717) is 17.4 Å². The molecule has 0 aromatic rings. The number of likely N-dealkylation sites (N-methyl/N-ethyl adjacent to an activating group) is 1. The van der Waals surface area contributed by atoms with Gasteiger partial charge in [-0.25, -0.2) is 4.57 Å². The number of hydrogen-bond acceptors (Lipinski definition) is 5. The fraction of sp³-hybridized carbons (Fsp3) is 0.894. The highest BCUT2D eigenvalue weighted by atomic mass is 31.2. The van der Waals surface area contributed by atoms with Crippen LogP contribution in [0.25, 0.3) is 0 Å². The van der Waals surface area contributed by atoms with Gasteiger partial charge in [-0.05, 0) is 32.1 Å². The van der Waals surface area contributed by atoms with Crippen molar-refractivity contribution in [3.8, 4) is 0 Å². The largest absolute Gasteiger partial charge is 0.472 e. The summed E-state index contributed by atoms with van der Waals surface area (Å²) in [7, 11) is 1.56. The first-order chi connectivity index (χ1) is 27.0. The first kappa shape index (κ1) is 55.0. The van der Waals surface area contributed by atoms with Crippen molar-refractivity contribution < 1.29 is 32.9 Å². The van der Waals surface area contributed by atoms with E-state index in [1.807, 2.05) is 27.2 Å². The van der Waals surface area contributed by atoms with E-state index in [-0.39, 0.29) is 19.1 Å². The summed E-state index contributed by atoms with van der Waals surface area (Å²) in [4.78, 5) is 23.1. The van der Waals surface area contributed by atoms with Crippen LogP contribution in [0.4, 0.5) is 0 Å². The number of nitrogens with one attached hydrogen (secondary N) is 1. The van der Waals surface area contributed by atoms with E-state index in [9.17, 15) is 19.4 Å². The predicted molar refractivity (Wildman–Crippen MR) is 240 cm³/mol. The average molecular weight is 814 g/mol. The third-order valence-electron chi connectivity index (χ3n) is 10.7. The van der Waals surface area contributed by atoms with Crippen LogP contribution in [-0.4, -0.2) is 73.4 Å². The molecule has 0 rings (SSSR count). The quantitative estimate of drug-likeness (QED) is 0.0245. The molecule has 0 fully saturated rings. The van der Waals surface area contributed by atoms with Crippen LogP contribution in [0.15, 0.2) is 24.3 Å². The number of phosphoric ester groups is 1. The third kappa shape index (κ3) is 41.2. The lowest BCUT2D eigenvalue weighted by Gasteiger charge is -2.25. The van der Waals surface area contributed by atoms with Crippen molar-refractivity contribution in [3.63, 3.8) is 0 Å². The Labute approximate surface area is 347 Å². The van der Waals surface area contributed by atoms with Gasteiger partial charge >= 0.3 is 7.82 Å². The maximum absolute atomic E-state index is 12.9. The Balaban J connectivity index is 4.21. The molecule has 0 aliphatic heterocycles. The Morgan fingerprint density at radius 3 is 1.43 bits per heavy atom. The molecule has 1 amide bonds. The topological polar surface area (TPSA) is 105 Å². The number of nitrogens with zero attached hydrogens (tertiary/aromatic N) is 1.